The lowest BCUT2D eigenvalue weighted by molar-refractivity contribution is 0.252. The number of hydrogen-bond donors (Lipinski definition) is 0. The molecule has 1 atom stereocenters. The van der Waals surface area contributed by atoms with Crippen LogP contribution in [0.15, 0.2) is 36.2 Å². The Morgan fingerprint density at radius 2 is 2.39 bits per heavy atom. The first-order valence-electron chi connectivity index (χ1n) is 6.67. The maximum atomic E-state index is 4.08. The van der Waals surface area contributed by atoms with E-state index < -0.39 is 0 Å². The Morgan fingerprint density at radius 3 is 3.17 bits per heavy atom. The van der Waals surface area contributed by atoms with E-state index in [9.17, 15) is 0 Å². The highest BCUT2D eigenvalue weighted by Gasteiger charge is 2.25. The molecule has 3 heterocycles. The van der Waals surface area contributed by atoms with Gasteiger partial charge in [0.1, 0.15) is 0 Å². The third-order valence-electron chi connectivity index (χ3n) is 3.66. The molecule has 2 aromatic rings. The smallest absolute Gasteiger partial charge is 0.0945 e. The van der Waals surface area contributed by atoms with Crippen LogP contribution in [0.5, 0.6) is 0 Å². The van der Waals surface area contributed by atoms with Gasteiger partial charge in [-0.25, -0.2) is 4.98 Å². The Balaban J connectivity index is 1.52. The monoisotopic (exact) mass is 261 g/mol. The van der Waals surface area contributed by atoms with Crippen LogP contribution in [0.2, 0.25) is 0 Å². The van der Waals surface area contributed by atoms with Crippen LogP contribution in [0.4, 0.5) is 0 Å². The minimum atomic E-state index is 0.674. The number of likely N-dealkylation sites (tertiary alicyclic amines) is 1. The van der Waals surface area contributed by atoms with E-state index in [-0.39, 0.29) is 0 Å². The molecule has 0 amide bonds. The molecule has 0 N–H and O–H groups in total. The predicted molar refractivity (Wildman–Crippen MR) is 74.7 cm³/mol. The average molecular weight is 261 g/mol. The third kappa shape index (κ3) is 2.65. The van der Waals surface area contributed by atoms with Crippen LogP contribution in [0, 0.1) is 0 Å². The topological polar surface area (TPSA) is 21.1 Å². The van der Waals surface area contributed by atoms with Crippen LogP contribution in [0.3, 0.4) is 0 Å². The second-order valence-electron chi connectivity index (χ2n) is 4.86. The van der Waals surface area contributed by atoms with Gasteiger partial charge in [-0.05, 0) is 37.3 Å². The van der Waals surface area contributed by atoms with Crippen LogP contribution in [0.25, 0.3) is 0 Å². The molecule has 1 unspecified atom stereocenters. The van der Waals surface area contributed by atoms with Gasteiger partial charge in [0.25, 0.3) is 0 Å². The Morgan fingerprint density at radius 1 is 1.39 bits per heavy atom. The molecule has 3 rings (SSSR count). The number of imidazole rings is 1. The summed E-state index contributed by atoms with van der Waals surface area (Å²) in [5.41, 5.74) is 0. The van der Waals surface area contributed by atoms with Gasteiger partial charge in [0, 0.05) is 36.4 Å². The maximum Gasteiger partial charge on any atom is 0.0945 e. The highest BCUT2D eigenvalue weighted by atomic mass is 32.1. The lowest BCUT2D eigenvalue weighted by Gasteiger charge is -2.23. The van der Waals surface area contributed by atoms with Gasteiger partial charge in [-0.2, -0.15) is 0 Å². The summed E-state index contributed by atoms with van der Waals surface area (Å²) in [6, 6.07) is 5.12. The summed E-state index contributed by atoms with van der Waals surface area (Å²) >= 11 is 1.90. The summed E-state index contributed by atoms with van der Waals surface area (Å²) in [4.78, 5) is 8.26. The Labute approximate surface area is 112 Å². The van der Waals surface area contributed by atoms with Crippen LogP contribution in [0.1, 0.15) is 30.2 Å². The molecule has 96 valence electrons. The zero-order valence-corrected chi connectivity index (χ0v) is 11.4. The minimum Gasteiger partial charge on any atom is -0.337 e. The summed E-state index contributed by atoms with van der Waals surface area (Å²) in [6.45, 7) is 3.53. The van der Waals surface area contributed by atoms with Crippen LogP contribution in [-0.2, 0) is 6.54 Å². The lowest BCUT2D eigenvalue weighted by atomic mass is 10.2. The van der Waals surface area contributed by atoms with Gasteiger partial charge in [-0.1, -0.05) is 6.07 Å². The van der Waals surface area contributed by atoms with E-state index in [0.29, 0.717) is 6.04 Å². The second-order valence-corrected chi connectivity index (χ2v) is 5.84. The van der Waals surface area contributed by atoms with Crippen molar-refractivity contribution in [3.63, 3.8) is 0 Å². The van der Waals surface area contributed by atoms with E-state index in [2.05, 4.69) is 32.0 Å². The van der Waals surface area contributed by atoms with E-state index in [1.54, 1.807) is 0 Å². The Bertz CT molecular complexity index is 449. The van der Waals surface area contributed by atoms with E-state index in [0.717, 1.165) is 6.54 Å². The molecule has 0 aliphatic carbocycles. The van der Waals surface area contributed by atoms with Gasteiger partial charge in [0.05, 0.1) is 6.33 Å². The van der Waals surface area contributed by atoms with Crippen molar-refractivity contribution in [2.45, 2.75) is 31.8 Å². The van der Waals surface area contributed by atoms with Crippen molar-refractivity contribution in [1.29, 1.82) is 0 Å². The van der Waals surface area contributed by atoms with Crippen LogP contribution < -0.4 is 0 Å². The molecule has 2 aromatic heterocycles. The average Bonchev–Trinajstić information content (AvgIpc) is 3.12. The first-order valence-corrected chi connectivity index (χ1v) is 7.54. The van der Waals surface area contributed by atoms with Gasteiger partial charge < -0.3 is 4.57 Å². The van der Waals surface area contributed by atoms with E-state index in [4.69, 9.17) is 0 Å². The molecule has 18 heavy (non-hydrogen) atoms. The minimum absolute atomic E-state index is 0.674. The number of rotatable bonds is 5. The van der Waals surface area contributed by atoms with Gasteiger partial charge in [0.15, 0.2) is 0 Å². The summed E-state index contributed by atoms with van der Waals surface area (Å²) in [5.74, 6) is 0. The highest BCUT2D eigenvalue weighted by molar-refractivity contribution is 7.10. The molecule has 0 spiro atoms. The first-order chi connectivity index (χ1) is 8.93. The van der Waals surface area contributed by atoms with Crippen LogP contribution in [-0.4, -0.2) is 27.5 Å². The van der Waals surface area contributed by atoms with E-state index in [1.807, 2.05) is 30.1 Å². The van der Waals surface area contributed by atoms with Crippen LogP contribution >= 0.6 is 11.3 Å². The fourth-order valence-corrected chi connectivity index (χ4v) is 3.67. The van der Waals surface area contributed by atoms with Crippen molar-refractivity contribution in [3.05, 3.63) is 41.1 Å². The van der Waals surface area contributed by atoms with Crippen molar-refractivity contribution >= 4 is 11.3 Å². The number of thiophene rings is 1. The molecular formula is C14H19N3S. The summed E-state index contributed by atoms with van der Waals surface area (Å²) < 4.78 is 2.16. The van der Waals surface area contributed by atoms with Gasteiger partial charge in [-0.3, -0.25) is 4.90 Å². The number of aryl methyl sites for hydroxylation is 1. The molecule has 1 fully saturated rings. The number of hydrogen-bond acceptors (Lipinski definition) is 3. The van der Waals surface area contributed by atoms with Crippen molar-refractivity contribution in [3.8, 4) is 0 Å². The SMILES string of the molecule is c1csc(C2CCCN2CCCn2ccnc2)c1. The quantitative estimate of drug-likeness (QED) is 0.824. The molecule has 1 aliphatic heterocycles. The zero-order valence-electron chi connectivity index (χ0n) is 10.5. The first kappa shape index (κ1) is 11.9. The Kier molecular flexibility index (Phi) is 3.76. The fourth-order valence-electron chi connectivity index (χ4n) is 2.77. The van der Waals surface area contributed by atoms with Crippen molar-refractivity contribution in [2.24, 2.45) is 0 Å². The van der Waals surface area contributed by atoms with E-state index >= 15 is 0 Å². The van der Waals surface area contributed by atoms with Crippen molar-refractivity contribution < 1.29 is 0 Å². The molecule has 1 aliphatic rings. The molecule has 1 saturated heterocycles. The van der Waals surface area contributed by atoms with E-state index in [1.165, 1.54) is 37.2 Å². The predicted octanol–water partition coefficient (Wildman–Crippen LogP) is 3.17. The zero-order chi connectivity index (χ0) is 12.2. The Hall–Kier alpha value is -1.13. The van der Waals surface area contributed by atoms with Crippen molar-refractivity contribution in [1.82, 2.24) is 14.5 Å². The normalized spacial score (nSPS) is 20.6. The standard InChI is InChI=1S/C14H19N3S/c1-4-13(14-5-2-11-18-14)17(8-1)9-3-7-16-10-6-15-12-16/h2,5-6,10-13H,1,3-4,7-9H2. The molecule has 4 heteroatoms. The summed E-state index contributed by atoms with van der Waals surface area (Å²) in [5, 5.41) is 2.19. The molecule has 0 bridgehead atoms. The molecule has 3 nitrogen and oxygen atoms in total. The van der Waals surface area contributed by atoms with Gasteiger partial charge in [-0.15, -0.1) is 11.3 Å². The highest BCUT2D eigenvalue weighted by Crippen LogP contribution is 2.34. The second kappa shape index (κ2) is 5.67. The number of aromatic nitrogens is 2. The lowest BCUT2D eigenvalue weighted by Crippen LogP contribution is -2.24. The fraction of sp³-hybridized carbons (Fsp3) is 0.500. The molecule has 0 radical (unpaired) electrons. The summed E-state index contributed by atoms with van der Waals surface area (Å²) in [7, 11) is 0. The van der Waals surface area contributed by atoms with Crippen molar-refractivity contribution in [2.75, 3.05) is 13.1 Å². The third-order valence-corrected chi connectivity index (χ3v) is 4.63. The molecular weight excluding hydrogens is 242 g/mol. The number of nitrogens with zero attached hydrogens (tertiary/aromatic N) is 3. The summed E-state index contributed by atoms with van der Waals surface area (Å²) in [6.07, 6.45) is 9.67. The van der Waals surface area contributed by atoms with Gasteiger partial charge in [0.2, 0.25) is 0 Å². The maximum absolute atomic E-state index is 4.08. The van der Waals surface area contributed by atoms with Gasteiger partial charge >= 0.3 is 0 Å². The molecule has 0 aromatic carbocycles. The molecule has 0 saturated carbocycles. The largest absolute Gasteiger partial charge is 0.337 e.